The normalized spacial score (nSPS) is 27.5. The zero-order chi connectivity index (χ0) is 23.5. The highest BCUT2D eigenvalue weighted by molar-refractivity contribution is 6.05. The molecule has 1 N–H and O–H groups in total. The van der Waals surface area contributed by atoms with Crippen molar-refractivity contribution in [2.45, 2.75) is 78.4 Å². The van der Waals surface area contributed by atoms with Gasteiger partial charge in [-0.1, -0.05) is 38.3 Å². The van der Waals surface area contributed by atoms with E-state index in [1.54, 1.807) is 6.07 Å². The van der Waals surface area contributed by atoms with Crippen LogP contribution in [-0.2, 0) is 20.9 Å². The van der Waals surface area contributed by atoms with E-state index in [0.717, 1.165) is 44.3 Å². The number of aliphatic hydroxyl groups is 1. The molecule has 0 unspecified atom stereocenters. The summed E-state index contributed by atoms with van der Waals surface area (Å²) in [5.74, 6) is 0.968. The topological polar surface area (TPSA) is 80.0 Å². The predicted octanol–water partition coefficient (Wildman–Crippen LogP) is 4.87. The minimum Gasteiger partial charge on any atom is -0.459 e. The molecule has 33 heavy (non-hydrogen) atoms. The van der Waals surface area contributed by atoms with E-state index < -0.39 is 0 Å². The van der Waals surface area contributed by atoms with Crippen LogP contribution in [0, 0.1) is 17.8 Å². The van der Waals surface area contributed by atoms with E-state index >= 15 is 0 Å². The lowest BCUT2D eigenvalue weighted by atomic mass is 9.68. The van der Waals surface area contributed by atoms with Crippen LogP contribution < -0.4 is 0 Å². The van der Waals surface area contributed by atoms with Gasteiger partial charge in [-0.25, -0.2) is 0 Å². The molecule has 0 radical (unpaired) electrons. The van der Waals surface area contributed by atoms with Gasteiger partial charge in [0.25, 0.3) is 0 Å². The molecule has 1 aliphatic carbocycles. The van der Waals surface area contributed by atoms with Crippen LogP contribution in [0.1, 0.15) is 77.2 Å². The van der Waals surface area contributed by atoms with Crippen molar-refractivity contribution in [2.24, 2.45) is 17.8 Å². The Kier molecular flexibility index (Phi) is 7.55. The summed E-state index contributed by atoms with van der Waals surface area (Å²) in [6.45, 7) is 7.28. The van der Waals surface area contributed by atoms with Crippen molar-refractivity contribution in [3.8, 4) is 0 Å². The number of amides is 2. The molecular weight excluding hydrogens is 418 g/mol. The zero-order valence-corrected chi connectivity index (χ0v) is 20.1. The summed E-state index contributed by atoms with van der Waals surface area (Å²) >= 11 is 0. The van der Waals surface area contributed by atoms with E-state index in [1.807, 2.05) is 13.0 Å². The second-order valence-electron chi connectivity index (χ2n) is 9.56. The second-order valence-corrected chi connectivity index (χ2v) is 9.56. The number of hydrogen-bond donors (Lipinski definition) is 1. The average Bonchev–Trinajstić information content (AvgIpc) is 3.51. The highest BCUT2D eigenvalue weighted by Crippen LogP contribution is 2.50. The fourth-order valence-electron chi connectivity index (χ4n) is 5.95. The standard InChI is InChI=1S/C27H37NO5/c1-4-7-18-14-21-25(27(31)28(12-5-2)26(21)30)22-16-32-23(24(18)22)11-8-17(6-3)13-19-9-10-20(15-29)33-19/h9-10,13,21-23,25,29H,4-8,11-12,14-16H2,1-3H3/b17-13+/t21-,22+,23-,25-/m1/s1. The fraction of sp³-hybridized carbons (Fsp3) is 0.630. The SMILES string of the molecule is CCCC1=C2[C@@H](CC/C(=C/c3ccc(CO)o3)CC)OC[C@@H]2[C@@H]2C(=O)N(CCC)C(=O)[C@@H]2C1. The molecule has 1 aromatic rings. The maximum absolute atomic E-state index is 13.2. The number of rotatable bonds is 10. The van der Waals surface area contributed by atoms with E-state index in [9.17, 15) is 14.7 Å². The van der Waals surface area contributed by atoms with Crippen LogP contribution in [0.3, 0.4) is 0 Å². The Labute approximate surface area is 196 Å². The summed E-state index contributed by atoms with van der Waals surface area (Å²) in [6.07, 6.45) is 8.24. The Balaban J connectivity index is 1.53. The van der Waals surface area contributed by atoms with Crippen LogP contribution in [0.4, 0.5) is 0 Å². The highest BCUT2D eigenvalue weighted by atomic mass is 16.5. The van der Waals surface area contributed by atoms with Gasteiger partial charge < -0.3 is 14.3 Å². The van der Waals surface area contributed by atoms with Crippen molar-refractivity contribution in [3.63, 3.8) is 0 Å². The minimum absolute atomic E-state index is 0.0141. The molecule has 2 aliphatic heterocycles. The molecule has 2 amide bonds. The summed E-state index contributed by atoms with van der Waals surface area (Å²) in [6, 6.07) is 3.68. The number of allylic oxidation sites excluding steroid dienone is 2. The summed E-state index contributed by atoms with van der Waals surface area (Å²) in [5, 5.41) is 9.23. The van der Waals surface area contributed by atoms with Crippen LogP contribution in [0.15, 0.2) is 33.3 Å². The van der Waals surface area contributed by atoms with Gasteiger partial charge in [0.2, 0.25) is 11.8 Å². The number of aliphatic hydroxyl groups excluding tert-OH is 1. The van der Waals surface area contributed by atoms with Crippen molar-refractivity contribution >= 4 is 17.9 Å². The first-order chi connectivity index (χ1) is 16.0. The van der Waals surface area contributed by atoms with E-state index in [1.165, 1.54) is 21.6 Å². The molecule has 4 atom stereocenters. The van der Waals surface area contributed by atoms with E-state index in [0.29, 0.717) is 25.3 Å². The van der Waals surface area contributed by atoms with Gasteiger partial charge in [0.15, 0.2) is 0 Å². The summed E-state index contributed by atoms with van der Waals surface area (Å²) in [4.78, 5) is 27.7. The second kappa shape index (κ2) is 10.4. The lowest BCUT2D eigenvalue weighted by Crippen LogP contribution is -2.34. The summed E-state index contributed by atoms with van der Waals surface area (Å²) < 4.78 is 11.9. The number of ether oxygens (including phenoxy) is 1. The molecule has 1 aromatic heterocycles. The number of fused-ring (bicyclic) bond motifs is 3. The fourth-order valence-corrected chi connectivity index (χ4v) is 5.95. The Bertz CT molecular complexity index is 942. The van der Waals surface area contributed by atoms with Crippen LogP contribution in [-0.4, -0.2) is 41.1 Å². The lowest BCUT2D eigenvalue weighted by Gasteiger charge is -2.32. The molecular formula is C27H37NO5. The van der Waals surface area contributed by atoms with Crippen LogP contribution in [0.25, 0.3) is 6.08 Å². The first-order valence-electron chi connectivity index (χ1n) is 12.6. The predicted molar refractivity (Wildman–Crippen MR) is 126 cm³/mol. The van der Waals surface area contributed by atoms with Gasteiger partial charge in [-0.3, -0.25) is 14.5 Å². The molecule has 2 saturated heterocycles. The molecule has 0 spiro atoms. The van der Waals surface area contributed by atoms with Gasteiger partial charge in [0.05, 0.1) is 24.5 Å². The molecule has 180 valence electrons. The summed E-state index contributed by atoms with van der Waals surface area (Å²) in [5.41, 5.74) is 3.94. The lowest BCUT2D eigenvalue weighted by molar-refractivity contribution is -0.140. The maximum Gasteiger partial charge on any atom is 0.233 e. The number of carbonyl (C=O) groups is 2. The van der Waals surface area contributed by atoms with Gasteiger partial charge in [0.1, 0.15) is 18.1 Å². The monoisotopic (exact) mass is 455 g/mol. The van der Waals surface area contributed by atoms with Crippen molar-refractivity contribution in [1.29, 1.82) is 0 Å². The number of hydrogen-bond acceptors (Lipinski definition) is 5. The zero-order valence-electron chi connectivity index (χ0n) is 20.1. The molecule has 2 fully saturated rings. The van der Waals surface area contributed by atoms with E-state index in [4.69, 9.17) is 9.15 Å². The van der Waals surface area contributed by atoms with Crippen molar-refractivity contribution in [3.05, 3.63) is 40.4 Å². The van der Waals surface area contributed by atoms with Crippen molar-refractivity contribution in [1.82, 2.24) is 4.90 Å². The molecule has 0 aromatic carbocycles. The number of nitrogens with zero attached hydrogens (tertiary/aromatic N) is 1. The number of imide groups is 1. The highest BCUT2D eigenvalue weighted by Gasteiger charge is 2.56. The van der Waals surface area contributed by atoms with Crippen molar-refractivity contribution < 1.29 is 23.8 Å². The van der Waals surface area contributed by atoms with Gasteiger partial charge >= 0.3 is 0 Å². The number of likely N-dealkylation sites (tertiary alicyclic amines) is 1. The molecule has 0 bridgehead atoms. The van der Waals surface area contributed by atoms with Gasteiger partial charge in [-0.2, -0.15) is 0 Å². The molecule has 6 nitrogen and oxygen atoms in total. The third-order valence-corrected chi connectivity index (χ3v) is 7.46. The largest absolute Gasteiger partial charge is 0.459 e. The third kappa shape index (κ3) is 4.60. The first kappa shape index (κ1) is 24.0. The molecule has 3 heterocycles. The molecule has 4 rings (SSSR count). The average molecular weight is 456 g/mol. The molecule has 6 heteroatoms. The van der Waals surface area contributed by atoms with Crippen LogP contribution in [0.2, 0.25) is 0 Å². The summed E-state index contributed by atoms with van der Waals surface area (Å²) in [7, 11) is 0. The van der Waals surface area contributed by atoms with Gasteiger partial charge in [-0.15, -0.1) is 0 Å². The Morgan fingerprint density at radius 2 is 1.97 bits per heavy atom. The Hall–Kier alpha value is -2.18. The molecule has 0 saturated carbocycles. The third-order valence-electron chi connectivity index (χ3n) is 7.46. The minimum atomic E-state index is -0.245. The Morgan fingerprint density at radius 1 is 1.15 bits per heavy atom. The van der Waals surface area contributed by atoms with Gasteiger partial charge in [-0.05, 0) is 62.3 Å². The molecule has 3 aliphatic rings. The van der Waals surface area contributed by atoms with E-state index in [-0.39, 0.29) is 42.3 Å². The quantitative estimate of drug-likeness (QED) is 0.402. The first-order valence-corrected chi connectivity index (χ1v) is 12.6. The van der Waals surface area contributed by atoms with Crippen molar-refractivity contribution in [2.75, 3.05) is 13.2 Å². The van der Waals surface area contributed by atoms with Crippen LogP contribution >= 0.6 is 0 Å². The Morgan fingerprint density at radius 3 is 2.64 bits per heavy atom. The van der Waals surface area contributed by atoms with Gasteiger partial charge in [0, 0.05) is 12.5 Å². The smallest absolute Gasteiger partial charge is 0.233 e. The maximum atomic E-state index is 13.2. The number of carbonyl (C=O) groups excluding carboxylic acids is 2. The van der Waals surface area contributed by atoms with E-state index in [2.05, 4.69) is 19.9 Å². The number of furan rings is 1. The van der Waals surface area contributed by atoms with Crippen LogP contribution in [0.5, 0.6) is 0 Å².